The zero-order valence-electron chi connectivity index (χ0n) is 9.24. The topological polar surface area (TPSA) is 49.3 Å². The Labute approximate surface area is 94.3 Å². The van der Waals surface area contributed by atoms with E-state index in [4.69, 9.17) is 5.11 Å². The number of aliphatic carboxylic acids is 1. The van der Waals surface area contributed by atoms with Crippen molar-refractivity contribution in [2.24, 2.45) is 0 Å². The lowest BCUT2D eigenvalue weighted by atomic mass is 10.1. The van der Waals surface area contributed by atoms with Gasteiger partial charge in [0.15, 0.2) is 0 Å². The van der Waals surface area contributed by atoms with Crippen LogP contribution in [0.4, 0.5) is 4.39 Å². The lowest BCUT2D eigenvalue weighted by Gasteiger charge is -2.13. The van der Waals surface area contributed by atoms with E-state index in [-0.39, 0.29) is 18.3 Å². The second-order valence-electron chi connectivity index (χ2n) is 3.72. The van der Waals surface area contributed by atoms with E-state index < -0.39 is 5.97 Å². The van der Waals surface area contributed by atoms with E-state index in [0.29, 0.717) is 13.0 Å². The smallest absolute Gasteiger partial charge is 0.303 e. The highest BCUT2D eigenvalue weighted by molar-refractivity contribution is 5.66. The summed E-state index contributed by atoms with van der Waals surface area (Å²) in [5.41, 5.74) is 0.997. The predicted octanol–water partition coefficient (Wildman–Crippen LogP) is 2.34. The molecule has 0 fully saturated rings. The second-order valence-corrected chi connectivity index (χ2v) is 3.72. The number of nitrogens with one attached hydrogen (secondary N) is 1. The molecule has 0 aromatic heterocycles. The molecular weight excluding hydrogens is 209 g/mol. The third kappa shape index (κ3) is 4.40. The summed E-state index contributed by atoms with van der Waals surface area (Å²) in [5.74, 6) is -1.03. The molecule has 1 atom stereocenters. The first kappa shape index (κ1) is 12.6. The van der Waals surface area contributed by atoms with E-state index in [1.54, 1.807) is 12.1 Å². The van der Waals surface area contributed by atoms with Gasteiger partial charge in [-0.05, 0) is 37.6 Å². The minimum absolute atomic E-state index is 0.106. The Morgan fingerprint density at radius 1 is 1.44 bits per heavy atom. The Morgan fingerprint density at radius 2 is 2.06 bits per heavy atom. The SMILES string of the molecule is C[C@H](NCCCC(=O)O)c1ccc(F)cc1. The van der Waals surface area contributed by atoms with Gasteiger partial charge in [0, 0.05) is 12.5 Å². The number of halogens is 1. The first-order valence-corrected chi connectivity index (χ1v) is 5.30. The lowest BCUT2D eigenvalue weighted by Crippen LogP contribution is -2.20. The van der Waals surface area contributed by atoms with E-state index >= 15 is 0 Å². The summed E-state index contributed by atoms with van der Waals surface area (Å²) < 4.78 is 12.7. The first-order chi connectivity index (χ1) is 7.59. The van der Waals surface area contributed by atoms with Gasteiger partial charge in [0.2, 0.25) is 0 Å². The van der Waals surface area contributed by atoms with Gasteiger partial charge in [0.05, 0.1) is 0 Å². The summed E-state index contributed by atoms with van der Waals surface area (Å²) in [7, 11) is 0. The summed E-state index contributed by atoms with van der Waals surface area (Å²) in [6, 6.07) is 6.40. The molecule has 88 valence electrons. The van der Waals surface area contributed by atoms with Crippen LogP contribution in [0.3, 0.4) is 0 Å². The van der Waals surface area contributed by atoms with Gasteiger partial charge >= 0.3 is 5.97 Å². The van der Waals surface area contributed by atoms with Crippen molar-refractivity contribution in [3.63, 3.8) is 0 Å². The van der Waals surface area contributed by atoms with Crippen LogP contribution in [0.25, 0.3) is 0 Å². The zero-order chi connectivity index (χ0) is 12.0. The number of carboxylic acids is 1. The molecule has 16 heavy (non-hydrogen) atoms. The fourth-order valence-corrected chi connectivity index (χ4v) is 1.43. The number of carbonyl (C=O) groups is 1. The van der Waals surface area contributed by atoms with Crippen molar-refractivity contribution in [3.05, 3.63) is 35.6 Å². The van der Waals surface area contributed by atoms with Crippen LogP contribution in [0, 0.1) is 5.82 Å². The van der Waals surface area contributed by atoms with Crippen LogP contribution >= 0.6 is 0 Å². The number of hydrogen-bond donors (Lipinski definition) is 2. The Hall–Kier alpha value is -1.42. The Kier molecular flexibility index (Phi) is 4.92. The van der Waals surface area contributed by atoms with Crippen LogP contribution in [0.15, 0.2) is 24.3 Å². The summed E-state index contributed by atoms with van der Waals surface area (Å²) >= 11 is 0. The predicted molar refractivity (Wildman–Crippen MR) is 59.7 cm³/mol. The lowest BCUT2D eigenvalue weighted by molar-refractivity contribution is -0.137. The van der Waals surface area contributed by atoms with Gasteiger partial charge in [-0.3, -0.25) is 4.79 Å². The van der Waals surface area contributed by atoms with Crippen LogP contribution < -0.4 is 5.32 Å². The van der Waals surface area contributed by atoms with Gasteiger partial charge in [-0.25, -0.2) is 4.39 Å². The molecule has 0 spiro atoms. The number of hydrogen-bond acceptors (Lipinski definition) is 2. The third-order valence-corrected chi connectivity index (χ3v) is 2.39. The highest BCUT2D eigenvalue weighted by atomic mass is 19.1. The summed E-state index contributed by atoms with van der Waals surface area (Å²) in [4.78, 5) is 10.3. The van der Waals surface area contributed by atoms with Crippen LogP contribution in [0.5, 0.6) is 0 Å². The van der Waals surface area contributed by atoms with Gasteiger partial charge in [0.25, 0.3) is 0 Å². The molecule has 4 heteroatoms. The number of rotatable bonds is 6. The molecule has 0 saturated heterocycles. The fourth-order valence-electron chi connectivity index (χ4n) is 1.43. The fraction of sp³-hybridized carbons (Fsp3) is 0.417. The average molecular weight is 225 g/mol. The molecule has 0 aliphatic carbocycles. The summed E-state index contributed by atoms with van der Waals surface area (Å²) in [5, 5.41) is 11.6. The minimum Gasteiger partial charge on any atom is -0.481 e. The van der Waals surface area contributed by atoms with E-state index in [1.165, 1.54) is 12.1 Å². The van der Waals surface area contributed by atoms with Gasteiger partial charge in [-0.15, -0.1) is 0 Å². The largest absolute Gasteiger partial charge is 0.481 e. The zero-order valence-corrected chi connectivity index (χ0v) is 9.24. The maximum atomic E-state index is 12.7. The number of carboxylic acid groups (broad SMARTS) is 1. The van der Waals surface area contributed by atoms with Crippen molar-refractivity contribution in [2.45, 2.75) is 25.8 Å². The highest BCUT2D eigenvalue weighted by Gasteiger charge is 2.04. The van der Waals surface area contributed by atoms with Crippen LogP contribution in [-0.4, -0.2) is 17.6 Å². The van der Waals surface area contributed by atoms with Gasteiger partial charge in [-0.2, -0.15) is 0 Å². The Morgan fingerprint density at radius 3 is 2.62 bits per heavy atom. The second kappa shape index (κ2) is 6.23. The third-order valence-electron chi connectivity index (χ3n) is 2.39. The van der Waals surface area contributed by atoms with Gasteiger partial charge < -0.3 is 10.4 Å². The molecule has 1 aromatic rings. The molecule has 0 unspecified atom stereocenters. The van der Waals surface area contributed by atoms with E-state index in [0.717, 1.165) is 5.56 Å². The summed E-state index contributed by atoms with van der Waals surface area (Å²) in [6.07, 6.45) is 0.768. The maximum Gasteiger partial charge on any atom is 0.303 e. The molecule has 0 heterocycles. The monoisotopic (exact) mass is 225 g/mol. The normalized spacial score (nSPS) is 12.4. The summed E-state index contributed by atoms with van der Waals surface area (Å²) in [6.45, 7) is 2.61. The first-order valence-electron chi connectivity index (χ1n) is 5.30. The molecule has 0 saturated carbocycles. The van der Waals surface area contributed by atoms with Crippen LogP contribution in [0.2, 0.25) is 0 Å². The Bertz CT molecular complexity index is 337. The van der Waals surface area contributed by atoms with E-state index in [1.807, 2.05) is 6.92 Å². The molecule has 0 aliphatic heterocycles. The minimum atomic E-state index is -0.781. The molecule has 0 radical (unpaired) electrons. The molecule has 0 bridgehead atoms. The van der Waals surface area contributed by atoms with Crippen molar-refractivity contribution >= 4 is 5.97 Å². The van der Waals surface area contributed by atoms with Crippen LogP contribution in [0.1, 0.15) is 31.4 Å². The standard InChI is InChI=1S/C12H16FNO2/c1-9(14-8-2-3-12(15)16)10-4-6-11(13)7-5-10/h4-7,9,14H,2-3,8H2,1H3,(H,15,16)/t9-/m0/s1. The van der Waals surface area contributed by atoms with Crippen molar-refractivity contribution in [3.8, 4) is 0 Å². The number of benzene rings is 1. The van der Waals surface area contributed by atoms with Crippen molar-refractivity contribution < 1.29 is 14.3 Å². The molecule has 3 nitrogen and oxygen atoms in total. The maximum absolute atomic E-state index is 12.7. The molecule has 0 aliphatic rings. The van der Waals surface area contributed by atoms with Gasteiger partial charge in [0.1, 0.15) is 5.82 Å². The highest BCUT2D eigenvalue weighted by Crippen LogP contribution is 2.12. The van der Waals surface area contributed by atoms with Crippen molar-refractivity contribution in [2.75, 3.05) is 6.54 Å². The van der Waals surface area contributed by atoms with Crippen molar-refractivity contribution in [1.29, 1.82) is 0 Å². The molecule has 0 amide bonds. The Balaban J connectivity index is 2.32. The molecule has 1 rings (SSSR count). The van der Waals surface area contributed by atoms with Gasteiger partial charge in [-0.1, -0.05) is 12.1 Å². The molecular formula is C12H16FNO2. The van der Waals surface area contributed by atoms with E-state index in [2.05, 4.69) is 5.32 Å². The molecule has 2 N–H and O–H groups in total. The average Bonchev–Trinajstić information content (AvgIpc) is 2.25. The quantitative estimate of drug-likeness (QED) is 0.730. The van der Waals surface area contributed by atoms with Crippen LogP contribution in [-0.2, 0) is 4.79 Å². The molecule has 1 aromatic carbocycles. The van der Waals surface area contributed by atoms with E-state index in [9.17, 15) is 9.18 Å². The van der Waals surface area contributed by atoms with Crippen molar-refractivity contribution in [1.82, 2.24) is 5.32 Å².